The lowest BCUT2D eigenvalue weighted by molar-refractivity contribution is 0.414. The number of benzene rings is 3. The fourth-order valence-corrected chi connectivity index (χ4v) is 4.17. The monoisotopic (exact) mass is 403 g/mol. The molecule has 28 heavy (non-hydrogen) atoms. The summed E-state index contributed by atoms with van der Waals surface area (Å²) in [6, 6.07) is 15.7. The molecule has 146 valence electrons. The molecular weight excluding hydrogens is 384 g/mol. The van der Waals surface area contributed by atoms with Crippen LogP contribution in [-0.2, 0) is 16.6 Å². The van der Waals surface area contributed by atoms with Crippen molar-refractivity contribution < 1.29 is 21.9 Å². The molecule has 0 aliphatic carbocycles. The minimum Gasteiger partial charge on any atom is -0.497 e. The molecule has 3 aromatic carbocycles. The first-order valence-electron chi connectivity index (χ1n) is 8.48. The van der Waals surface area contributed by atoms with E-state index in [4.69, 9.17) is 4.74 Å². The Morgan fingerprint density at radius 2 is 1.68 bits per heavy atom. The van der Waals surface area contributed by atoms with Gasteiger partial charge >= 0.3 is 0 Å². The van der Waals surface area contributed by atoms with Crippen LogP contribution in [0.1, 0.15) is 11.1 Å². The Morgan fingerprint density at radius 1 is 0.964 bits per heavy atom. The van der Waals surface area contributed by atoms with Crippen LogP contribution in [0.3, 0.4) is 0 Å². The summed E-state index contributed by atoms with van der Waals surface area (Å²) in [6.45, 7) is 1.55. The van der Waals surface area contributed by atoms with Crippen LogP contribution in [0.5, 0.6) is 5.75 Å². The van der Waals surface area contributed by atoms with Crippen LogP contribution in [0, 0.1) is 18.6 Å². The maximum absolute atomic E-state index is 14.1. The Morgan fingerprint density at radius 3 is 2.32 bits per heavy atom. The number of sulfonamides is 1. The SMILES string of the molecule is COc1cccc(CN(c2ccc(C)c(F)c2)S(=O)(=O)c2ccc(F)cc2)c1. The van der Waals surface area contributed by atoms with Crippen molar-refractivity contribution in [3.05, 3.63) is 89.5 Å². The first-order valence-corrected chi connectivity index (χ1v) is 9.92. The van der Waals surface area contributed by atoms with Crippen molar-refractivity contribution in [2.24, 2.45) is 0 Å². The highest BCUT2D eigenvalue weighted by Crippen LogP contribution is 2.28. The van der Waals surface area contributed by atoms with Crippen LogP contribution >= 0.6 is 0 Å². The predicted molar refractivity (Wildman–Crippen MR) is 104 cm³/mol. The average Bonchev–Trinajstić information content (AvgIpc) is 2.69. The Bertz CT molecular complexity index is 1080. The normalized spacial score (nSPS) is 11.3. The number of hydrogen-bond acceptors (Lipinski definition) is 3. The fraction of sp³-hybridized carbons (Fsp3) is 0.143. The molecule has 0 N–H and O–H groups in total. The molecule has 0 amide bonds. The van der Waals surface area contributed by atoms with Gasteiger partial charge in [-0.25, -0.2) is 17.2 Å². The zero-order valence-corrected chi connectivity index (χ0v) is 16.2. The summed E-state index contributed by atoms with van der Waals surface area (Å²) in [5.41, 5.74) is 1.24. The van der Waals surface area contributed by atoms with E-state index in [9.17, 15) is 17.2 Å². The molecule has 0 atom stereocenters. The summed E-state index contributed by atoms with van der Waals surface area (Å²) in [6.07, 6.45) is 0. The van der Waals surface area contributed by atoms with Crippen LogP contribution in [-0.4, -0.2) is 15.5 Å². The number of anilines is 1. The molecular formula is C21H19F2NO3S. The molecule has 0 aliphatic heterocycles. The van der Waals surface area contributed by atoms with Crippen molar-refractivity contribution in [3.8, 4) is 5.75 Å². The van der Waals surface area contributed by atoms with E-state index >= 15 is 0 Å². The summed E-state index contributed by atoms with van der Waals surface area (Å²) in [7, 11) is -2.54. The first kappa shape index (κ1) is 19.8. The van der Waals surface area contributed by atoms with Gasteiger partial charge < -0.3 is 4.74 Å². The molecule has 0 saturated heterocycles. The fourth-order valence-electron chi connectivity index (χ4n) is 2.72. The average molecular weight is 403 g/mol. The number of ether oxygens (including phenoxy) is 1. The van der Waals surface area contributed by atoms with Gasteiger partial charge in [-0.1, -0.05) is 18.2 Å². The Hall–Kier alpha value is -2.93. The molecule has 7 heteroatoms. The molecule has 0 saturated carbocycles. The van der Waals surface area contributed by atoms with E-state index in [0.717, 1.165) is 16.4 Å². The first-order chi connectivity index (χ1) is 13.3. The van der Waals surface area contributed by atoms with E-state index in [1.54, 1.807) is 37.3 Å². The lowest BCUT2D eigenvalue weighted by atomic mass is 10.2. The van der Waals surface area contributed by atoms with Gasteiger partial charge in [0, 0.05) is 0 Å². The van der Waals surface area contributed by atoms with Crippen LogP contribution in [0.25, 0.3) is 0 Å². The summed E-state index contributed by atoms with van der Waals surface area (Å²) in [4.78, 5) is -0.0854. The van der Waals surface area contributed by atoms with Gasteiger partial charge in [0.25, 0.3) is 10.0 Å². The summed E-state index contributed by atoms with van der Waals surface area (Å²) in [5, 5.41) is 0. The molecule has 0 bridgehead atoms. The van der Waals surface area contributed by atoms with Gasteiger partial charge in [-0.3, -0.25) is 4.31 Å². The highest BCUT2D eigenvalue weighted by atomic mass is 32.2. The maximum atomic E-state index is 14.1. The number of nitrogens with zero attached hydrogens (tertiary/aromatic N) is 1. The Labute approximate surface area is 163 Å². The molecule has 0 fully saturated rings. The van der Waals surface area contributed by atoms with Gasteiger partial charge in [-0.2, -0.15) is 0 Å². The third kappa shape index (κ3) is 4.14. The smallest absolute Gasteiger partial charge is 0.264 e. The topological polar surface area (TPSA) is 46.6 Å². The molecule has 0 radical (unpaired) electrons. The van der Waals surface area contributed by atoms with Gasteiger partial charge in [0.1, 0.15) is 17.4 Å². The molecule has 0 unspecified atom stereocenters. The van der Waals surface area contributed by atoms with E-state index in [2.05, 4.69) is 0 Å². The number of halogens is 2. The second-order valence-electron chi connectivity index (χ2n) is 6.25. The Kier molecular flexibility index (Phi) is 5.65. The van der Waals surface area contributed by atoms with E-state index in [1.807, 2.05) is 0 Å². The predicted octanol–water partition coefficient (Wildman–Crippen LogP) is 4.68. The lowest BCUT2D eigenvalue weighted by Crippen LogP contribution is -2.30. The van der Waals surface area contributed by atoms with Gasteiger partial charge in [0.2, 0.25) is 0 Å². The minimum absolute atomic E-state index is 0.0423. The number of methoxy groups -OCH3 is 1. The Balaban J connectivity index is 2.10. The minimum atomic E-state index is -4.06. The number of aryl methyl sites for hydroxylation is 1. The number of rotatable bonds is 6. The standard InChI is InChI=1S/C21H19F2NO3S/c1-15-6-9-18(13-21(15)23)24(14-16-4-3-5-19(12-16)27-2)28(25,26)20-10-7-17(22)8-11-20/h3-13H,14H2,1-2H3. The van der Waals surface area contributed by atoms with Crippen LogP contribution < -0.4 is 9.04 Å². The van der Waals surface area contributed by atoms with E-state index in [0.29, 0.717) is 16.9 Å². The third-order valence-electron chi connectivity index (χ3n) is 4.31. The molecule has 0 aliphatic rings. The number of hydrogen-bond donors (Lipinski definition) is 0. The van der Waals surface area contributed by atoms with Crippen molar-refractivity contribution in [1.29, 1.82) is 0 Å². The third-order valence-corrected chi connectivity index (χ3v) is 6.09. The quantitative estimate of drug-likeness (QED) is 0.601. The van der Waals surface area contributed by atoms with Gasteiger partial charge in [0.15, 0.2) is 0 Å². The zero-order chi connectivity index (χ0) is 20.3. The summed E-state index contributed by atoms with van der Waals surface area (Å²) >= 11 is 0. The van der Waals surface area contributed by atoms with Crippen molar-refractivity contribution in [2.75, 3.05) is 11.4 Å². The second kappa shape index (κ2) is 7.98. The molecule has 3 rings (SSSR count). The summed E-state index contributed by atoms with van der Waals surface area (Å²) < 4.78 is 60.2. The van der Waals surface area contributed by atoms with Crippen molar-refractivity contribution in [2.45, 2.75) is 18.4 Å². The lowest BCUT2D eigenvalue weighted by Gasteiger charge is -2.25. The van der Waals surface area contributed by atoms with Gasteiger partial charge in [-0.15, -0.1) is 0 Å². The van der Waals surface area contributed by atoms with Gasteiger partial charge in [-0.05, 0) is 66.6 Å². The van der Waals surface area contributed by atoms with Crippen molar-refractivity contribution in [1.82, 2.24) is 0 Å². The van der Waals surface area contributed by atoms with E-state index in [-0.39, 0.29) is 17.1 Å². The van der Waals surface area contributed by atoms with Gasteiger partial charge in [0.05, 0.1) is 24.2 Å². The highest BCUT2D eigenvalue weighted by molar-refractivity contribution is 7.92. The summed E-state index contributed by atoms with van der Waals surface area (Å²) in [5.74, 6) is -0.478. The van der Waals surface area contributed by atoms with Crippen molar-refractivity contribution >= 4 is 15.7 Å². The second-order valence-corrected chi connectivity index (χ2v) is 8.11. The van der Waals surface area contributed by atoms with Crippen LogP contribution in [0.15, 0.2) is 71.6 Å². The maximum Gasteiger partial charge on any atom is 0.264 e. The molecule has 0 heterocycles. The molecule has 0 spiro atoms. The van der Waals surface area contributed by atoms with Crippen LogP contribution in [0.4, 0.5) is 14.5 Å². The molecule has 0 aromatic heterocycles. The zero-order valence-electron chi connectivity index (χ0n) is 15.4. The highest BCUT2D eigenvalue weighted by Gasteiger charge is 2.26. The van der Waals surface area contributed by atoms with Crippen molar-refractivity contribution in [3.63, 3.8) is 0 Å². The van der Waals surface area contributed by atoms with Crippen LogP contribution in [0.2, 0.25) is 0 Å². The van der Waals surface area contributed by atoms with E-state index in [1.165, 1.54) is 31.4 Å². The largest absolute Gasteiger partial charge is 0.497 e. The molecule has 4 nitrogen and oxygen atoms in total. The van der Waals surface area contributed by atoms with E-state index < -0.39 is 21.7 Å². The molecule has 3 aromatic rings.